The molecule has 0 saturated heterocycles. The first kappa shape index (κ1) is 15.0. The van der Waals surface area contributed by atoms with Gasteiger partial charge in [0.05, 0.1) is 0 Å². The van der Waals surface area contributed by atoms with Gasteiger partial charge in [-0.2, -0.15) is 22.0 Å². The fourth-order valence-electron chi connectivity index (χ4n) is 1.02. The van der Waals surface area contributed by atoms with E-state index in [0.717, 1.165) is 6.92 Å². The van der Waals surface area contributed by atoms with Crippen molar-refractivity contribution in [3.05, 3.63) is 0 Å². The van der Waals surface area contributed by atoms with Crippen molar-refractivity contribution in [3.63, 3.8) is 0 Å². The van der Waals surface area contributed by atoms with Crippen LogP contribution in [-0.2, 0) is 9.74 Å². The minimum Gasteiger partial charge on any atom is -0.251 e. The zero-order chi connectivity index (χ0) is 13.2. The normalized spacial score (nSPS) is 16.8. The number of halogens is 7. The fraction of sp³-hybridized carbons (Fsp3) is 0.857. The van der Waals surface area contributed by atoms with Crippen molar-refractivity contribution in [2.75, 3.05) is 0 Å². The summed E-state index contributed by atoms with van der Waals surface area (Å²) in [6, 6.07) is 0. The van der Waals surface area contributed by atoms with E-state index in [0.29, 0.717) is 0 Å². The Balaban J connectivity index is 5.43. The van der Waals surface area contributed by atoms with Gasteiger partial charge in [-0.1, -0.05) is 13.3 Å². The summed E-state index contributed by atoms with van der Waals surface area (Å²) < 4.78 is 85.4. The third kappa shape index (κ3) is 2.22. The highest BCUT2D eigenvalue weighted by molar-refractivity contribution is 5.80. The second-order valence-corrected chi connectivity index (χ2v) is 2.99. The van der Waals surface area contributed by atoms with Crippen molar-refractivity contribution in [3.8, 4) is 0 Å². The number of hydrogen-bond acceptors (Lipinski definition) is 2. The van der Waals surface area contributed by atoms with Crippen LogP contribution >= 0.6 is 0 Å². The third-order valence-corrected chi connectivity index (χ3v) is 1.84. The summed E-state index contributed by atoms with van der Waals surface area (Å²) in [5.41, 5.74) is -4.76. The van der Waals surface area contributed by atoms with Gasteiger partial charge >= 0.3 is 18.1 Å². The van der Waals surface area contributed by atoms with Crippen molar-refractivity contribution >= 4 is 5.97 Å². The van der Waals surface area contributed by atoms with E-state index < -0.39 is 36.6 Å². The van der Waals surface area contributed by atoms with Crippen molar-refractivity contribution in [1.29, 1.82) is 0 Å². The van der Waals surface area contributed by atoms with Crippen molar-refractivity contribution in [2.24, 2.45) is 0 Å². The minimum absolute atomic E-state index is 0.530. The van der Waals surface area contributed by atoms with E-state index >= 15 is 0 Å². The Morgan fingerprint density at radius 1 is 1.12 bits per heavy atom. The zero-order valence-corrected chi connectivity index (χ0v) is 7.88. The lowest BCUT2D eigenvalue weighted by atomic mass is 9.92. The molecule has 0 rings (SSSR count). The average Bonchev–Trinajstić information content (AvgIpc) is 2.14. The van der Waals surface area contributed by atoms with Gasteiger partial charge in [0.25, 0.3) is 5.67 Å². The second kappa shape index (κ2) is 4.46. The highest BCUT2D eigenvalue weighted by atomic mass is 19.4. The van der Waals surface area contributed by atoms with Crippen LogP contribution in [0.15, 0.2) is 0 Å². The van der Waals surface area contributed by atoms with Crippen molar-refractivity contribution < 1.29 is 40.6 Å². The topological polar surface area (TPSA) is 26.3 Å². The molecule has 0 aliphatic rings. The van der Waals surface area contributed by atoms with Crippen LogP contribution in [0.25, 0.3) is 0 Å². The molecule has 0 spiro atoms. The van der Waals surface area contributed by atoms with Crippen LogP contribution in [0.1, 0.15) is 19.8 Å². The lowest BCUT2D eigenvalue weighted by molar-refractivity contribution is -0.329. The summed E-state index contributed by atoms with van der Waals surface area (Å²) >= 11 is 0. The SMILES string of the molecule is CCCC(F)(C(=O)OF)C(F)(F)C(F)(F)F. The van der Waals surface area contributed by atoms with E-state index in [9.17, 15) is 35.7 Å². The molecule has 96 valence electrons. The summed E-state index contributed by atoms with van der Waals surface area (Å²) in [6.45, 7) is 1.05. The molecule has 0 aliphatic heterocycles. The summed E-state index contributed by atoms with van der Waals surface area (Å²) in [6.07, 6.45) is -8.36. The standard InChI is InChI=1S/C7H7F7O2/c1-2-3-5(8,4(15)16-14)6(9,10)7(11,12)13/h2-3H2,1H3. The highest BCUT2D eigenvalue weighted by Gasteiger charge is 2.75. The molecule has 1 atom stereocenters. The summed E-state index contributed by atoms with van der Waals surface area (Å²) in [7, 11) is 0. The zero-order valence-electron chi connectivity index (χ0n) is 7.88. The minimum atomic E-state index is -6.31. The van der Waals surface area contributed by atoms with Gasteiger partial charge in [0, 0.05) is 4.53 Å². The smallest absolute Gasteiger partial charge is 0.251 e. The Bertz CT molecular complexity index is 262. The van der Waals surface area contributed by atoms with Crippen LogP contribution in [0.2, 0.25) is 0 Å². The van der Waals surface area contributed by atoms with Gasteiger partial charge in [0.15, 0.2) is 0 Å². The largest absolute Gasteiger partial charge is 0.457 e. The van der Waals surface area contributed by atoms with Crippen molar-refractivity contribution in [2.45, 2.75) is 37.5 Å². The first-order valence-corrected chi connectivity index (χ1v) is 4.01. The Hall–Kier alpha value is -1.02. The Morgan fingerprint density at radius 2 is 1.56 bits per heavy atom. The fourth-order valence-corrected chi connectivity index (χ4v) is 1.02. The van der Waals surface area contributed by atoms with Crippen LogP contribution in [0, 0.1) is 0 Å². The molecule has 0 aliphatic carbocycles. The van der Waals surface area contributed by atoms with Gasteiger partial charge in [-0.05, 0) is 6.42 Å². The molecule has 1 unspecified atom stereocenters. The molecule has 0 bridgehead atoms. The van der Waals surface area contributed by atoms with Crippen LogP contribution in [0.3, 0.4) is 0 Å². The monoisotopic (exact) mass is 256 g/mol. The van der Waals surface area contributed by atoms with Gasteiger partial charge in [0.2, 0.25) is 0 Å². The molecule has 0 heterocycles. The number of rotatable bonds is 4. The quantitative estimate of drug-likeness (QED) is 0.722. The number of alkyl halides is 6. The molecule has 0 fully saturated rings. The molecule has 0 saturated carbocycles. The van der Waals surface area contributed by atoms with E-state index in [4.69, 9.17) is 0 Å². The average molecular weight is 256 g/mol. The molecule has 0 aromatic rings. The van der Waals surface area contributed by atoms with Gasteiger partial charge in [-0.25, -0.2) is 9.18 Å². The van der Waals surface area contributed by atoms with Gasteiger partial charge < -0.3 is 0 Å². The first-order valence-electron chi connectivity index (χ1n) is 4.01. The maximum absolute atomic E-state index is 13.3. The molecule has 0 radical (unpaired) electrons. The van der Waals surface area contributed by atoms with Gasteiger partial charge in [-0.3, -0.25) is 4.94 Å². The predicted octanol–water partition coefficient (Wildman–Crippen LogP) is 3.12. The van der Waals surface area contributed by atoms with Gasteiger partial charge in [0.1, 0.15) is 0 Å². The first-order chi connectivity index (χ1) is 7.04. The Kier molecular flexibility index (Phi) is 4.18. The van der Waals surface area contributed by atoms with E-state index in [1.807, 2.05) is 0 Å². The molecule has 2 nitrogen and oxygen atoms in total. The van der Waals surface area contributed by atoms with Crippen LogP contribution in [0.4, 0.5) is 30.9 Å². The molecular formula is C7H7F7O2. The van der Waals surface area contributed by atoms with Crippen LogP contribution in [0.5, 0.6) is 0 Å². The predicted molar refractivity (Wildman–Crippen MR) is 36.9 cm³/mol. The highest BCUT2D eigenvalue weighted by Crippen LogP contribution is 2.48. The lowest BCUT2D eigenvalue weighted by Crippen LogP contribution is -2.58. The number of hydrogen-bond donors (Lipinski definition) is 0. The second-order valence-electron chi connectivity index (χ2n) is 2.99. The molecule has 16 heavy (non-hydrogen) atoms. The Morgan fingerprint density at radius 3 is 1.81 bits per heavy atom. The molecule has 0 aromatic heterocycles. The number of carbonyl (C=O) groups excluding carboxylic acids is 1. The maximum atomic E-state index is 13.3. The summed E-state index contributed by atoms with van der Waals surface area (Å²) in [5, 5.41) is 0. The Labute approximate surface area is 85.3 Å². The molecular weight excluding hydrogens is 249 g/mol. The summed E-state index contributed by atoms with van der Waals surface area (Å²) in [5.74, 6) is -8.91. The summed E-state index contributed by atoms with van der Waals surface area (Å²) in [4.78, 5) is 12.5. The van der Waals surface area contributed by atoms with Crippen molar-refractivity contribution in [1.82, 2.24) is 0 Å². The maximum Gasteiger partial charge on any atom is 0.457 e. The number of carbonyl (C=O) groups is 1. The molecule has 0 amide bonds. The van der Waals surface area contributed by atoms with Crippen LogP contribution in [-0.4, -0.2) is 23.7 Å². The lowest BCUT2D eigenvalue weighted by Gasteiger charge is -2.30. The molecule has 9 heteroatoms. The van der Waals surface area contributed by atoms with E-state index in [2.05, 4.69) is 4.94 Å². The van der Waals surface area contributed by atoms with Gasteiger partial charge in [-0.15, -0.1) is 0 Å². The van der Waals surface area contributed by atoms with E-state index in [1.165, 1.54) is 0 Å². The third-order valence-electron chi connectivity index (χ3n) is 1.84. The van der Waals surface area contributed by atoms with Crippen LogP contribution < -0.4 is 0 Å². The van der Waals surface area contributed by atoms with E-state index in [-0.39, 0.29) is 0 Å². The molecule has 0 aromatic carbocycles. The van der Waals surface area contributed by atoms with E-state index in [1.54, 1.807) is 0 Å². The molecule has 0 N–H and O–H groups in total.